The molecule has 9 nitrogen and oxygen atoms in total. The van der Waals surface area contributed by atoms with E-state index >= 15 is 0 Å². The van der Waals surface area contributed by atoms with Gasteiger partial charge in [0.1, 0.15) is 22.6 Å². The Labute approximate surface area is 202 Å². The first-order valence-corrected chi connectivity index (χ1v) is 12.6. The molecule has 0 unspecified atom stereocenters. The monoisotopic (exact) mass is 589 g/mol. The molecule has 0 radical (unpaired) electrons. The smallest absolute Gasteiger partial charge is 0.270 e. The average molecular weight is 591 g/mol. The number of carbonyl (C=O) groups is 1. The number of benzene rings is 2. The Morgan fingerprint density at radius 1 is 1.22 bits per heavy atom. The van der Waals surface area contributed by atoms with Crippen LogP contribution in [0.3, 0.4) is 0 Å². The number of amides is 1. The third kappa shape index (κ3) is 5.61. The van der Waals surface area contributed by atoms with Gasteiger partial charge >= 0.3 is 0 Å². The molecule has 0 aromatic heterocycles. The maximum Gasteiger partial charge on any atom is 0.270 e. The van der Waals surface area contributed by atoms with Crippen LogP contribution in [0, 0.1) is 5.92 Å². The van der Waals surface area contributed by atoms with Crippen LogP contribution in [-0.2, 0) is 14.8 Å². The van der Waals surface area contributed by atoms with Crippen molar-refractivity contribution in [3.8, 4) is 17.2 Å². The summed E-state index contributed by atoms with van der Waals surface area (Å²) >= 11 is 6.72. The number of ether oxygens (including phenoxy) is 1. The fourth-order valence-corrected chi connectivity index (χ4v) is 6.12. The van der Waals surface area contributed by atoms with Gasteiger partial charge in [-0.2, -0.15) is 4.31 Å². The Hall–Kier alpha value is -2.15. The zero-order chi connectivity index (χ0) is 23.5. The zero-order valence-corrected chi connectivity index (χ0v) is 20.9. The number of hydrogen-bond acceptors (Lipinski definition) is 7. The van der Waals surface area contributed by atoms with E-state index < -0.39 is 15.9 Å². The van der Waals surface area contributed by atoms with Gasteiger partial charge in [-0.25, -0.2) is 8.42 Å². The van der Waals surface area contributed by atoms with Gasteiger partial charge in [0.05, 0.1) is 8.95 Å². The molecule has 2 aromatic rings. The quantitative estimate of drug-likeness (QED) is 0.258. The molecule has 3 rings (SSSR count). The molecule has 0 saturated carbocycles. The summed E-state index contributed by atoms with van der Waals surface area (Å²) in [6.45, 7) is 2.89. The maximum absolute atomic E-state index is 13.1. The van der Waals surface area contributed by atoms with E-state index in [9.17, 15) is 18.3 Å². The molecule has 12 heteroatoms. The summed E-state index contributed by atoms with van der Waals surface area (Å²) in [5, 5.41) is 23.9. The minimum absolute atomic E-state index is 0.206. The van der Waals surface area contributed by atoms with Crippen molar-refractivity contribution < 1.29 is 28.3 Å². The van der Waals surface area contributed by atoms with Crippen LogP contribution in [0.25, 0.3) is 0 Å². The molecule has 0 spiro atoms. The molecular weight excluding hydrogens is 570 g/mol. The number of piperidine rings is 1. The molecule has 0 bridgehead atoms. The summed E-state index contributed by atoms with van der Waals surface area (Å²) in [5.41, 5.74) is 0.397. The number of rotatable bonds is 6. The largest absolute Gasteiger partial charge is 0.507 e. The van der Waals surface area contributed by atoms with Crippen LogP contribution < -0.4 is 10.1 Å². The van der Waals surface area contributed by atoms with Crippen molar-refractivity contribution in [2.75, 3.05) is 18.4 Å². The summed E-state index contributed by atoms with van der Waals surface area (Å²) in [5.74, 6) is 0.0262. The number of halogens is 2. The van der Waals surface area contributed by atoms with Crippen molar-refractivity contribution in [1.82, 2.24) is 4.31 Å². The van der Waals surface area contributed by atoms with E-state index in [1.165, 1.54) is 22.5 Å². The van der Waals surface area contributed by atoms with Crippen molar-refractivity contribution >= 4 is 59.7 Å². The number of nitrogens with one attached hydrogen (secondary N) is 1. The highest BCUT2D eigenvalue weighted by molar-refractivity contribution is 9.11. The summed E-state index contributed by atoms with van der Waals surface area (Å²) in [4.78, 5) is 11.3. The lowest BCUT2D eigenvalue weighted by Crippen LogP contribution is -2.37. The Kier molecular flexibility index (Phi) is 7.80. The number of phenols is 1. The number of nitrogens with zero attached hydrogens (tertiary/aromatic N) is 2. The summed E-state index contributed by atoms with van der Waals surface area (Å²) in [7, 11) is -3.88. The molecule has 1 fully saturated rings. The highest BCUT2D eigenvalue weighted by atomic mass is 79.9. The molecule has 0 aliphatic carbocycles. The fraction of sp³-hybridized carbons (Fsp3) is 0.300. The maximum atomic E-state index is 13.1. The highest BCUT2D eigenvalue weighted by Gasteiger charge is 2.30. The molecule has 1 saturated heterocycles. The van der Waals surface area contributed by atoms with Crippen molar-refractivity contribution in [2.24, 2.45) is 11.1 Å². The van der Waals surface area contributed by atoms with E-state index in [1.54, 1.807) is 12.1 Å². The van der Waals surface area contributed by atoms with Crippen LogP contribution in [0.2, 0.25) is 0 Å². The normalized spacial score (nSPS) is 15.7. The number of oxime groups is 1. The van der Waals surface area contributed by atoms with Gasteiger partial charge in [-0.3, -0.25) is 4.79 Å². The summed E-state index contributed by atoms with van der Waals surface area (Å²) in [6.07, 6.45) is 2.25. The van der Waals surface area contributed by atoms with Gasteiger partial charge in [0.2, 0.25) is 10.0 Å². The SMILES string of the molecule is CC1CCN(S(=O)(=O)c2cc(Oc3c(Br)cc(NC(=O)/C=N/O)cc3Br)ccc2O)CC1. The predicted octanol–water partition coefficient (Wildman–Crippen LogP) is 4.53. The van der Waals surface area contributed by atoms with Gasteiger partial charge in [-0.15, -0.1) is 0 Å². The lowest BCUT2D eigenvalue weighted by Gasteiger charge is -2.29. The van der Waals surface area contributed by atoms with Gasteiger partial charge in [-0.05, 0) is 74.9 Å². The zero-order valence-electron chi connectivity index (χ0n) is 17.0. The van der Waals surface area contributed by atoms with E-state index in [2.05, 4.69) is 49.3 Å². The van der Waals surface area contributed by atoms with Crippen LogP contribution in [0.4, 0.5) is 5.69 Å². The number of sulfonamides is 1. The Balaban J connectivity index is 1.87. The lowest BCUT2D eigenvalue weighted by atomic mass is 10.0. The van der Waals surface area contributed by atoms with Crippen LogP contribution in [0.1, 0.15) is 19.8 Å². The summed E-state index contributed by atoms with van der Waals surface area (Å²) < 4.78 is 34.3. The molecule has 1 aliphatic rings. The van der Waals surface area contributed by atoms with E-state index in [4.69, 9.17) is 9.94 Å². The van der Waals surface area contributed by atoms with Crippen molar-refractivity contribution in [1.29, 1.82) is 0 Å². The van der Waals surface area contributed by atoms with Gasteiger partial charge in [0.15, 0.2) is 5.75 Å². The third-order valence-electron chi connectivity index (χ3n) is 4.95. The first-order chi connectivity index (χ1) is 15.1. The van der Waals surface area contributed by atoms with E-state index in [-0.39, 0.29) is 16.4 Å². The Bertz CT molecular complexity index is 1130. The van der Waals surface area contributed by atoms with E-state index in [0.29, 0.717) is 45.6 Å². The van der Waals surface area contributed by atoms with Crippen molar-refractivity contribution in [3.63, 3.8) is 0 Å². The molecule has 1 amide bonds. The second kappa shape index (κ2) is 10.2. The molecule has 2 aromatic carbocycles. The number of carbonyl (C=O) groups excluding carboxylic acids is 1. The second-order valence-corrected chi connectivity index (χ2v) is 10.9. The van der Waals surface area contributed by atoms with Gasteiger partial charge in [0.25, 0.3) is 5.91 Å². The minimum Gasteiger partial charge on any atom is -0.507 e. The minimum atomic E-state index is -3.88. The van der Waals surface area contributed by atoms with Crippen LogP contribution >= 0.6 is 31.9 Å². The van der Waals surface area contributed by atoms with Crippen molar-refractivity contribution in [3.05, 3.63) is 39.3 Å². The molecule has 3 N–H and O–H groups in total. The number of hydrogen-bond donors (Lipinski definition) is 3. The topological polar surface area (TPSA) is 129 Å². The standard InChI is InChI=1S/C20H21Br2N3O6S/c1-12-4-6-25(7-5-12)32(29,30)18-10-14(2-3-17(18)26)31-20-15(21)8-13(9-16(20)22)24-19(27)11-23-28/h2-3,8-12,26,28H,4-7H2,1H3,(H,24,27)/b23-11+. The average Bonchev–Trinajstić information content (AvgIpc) is 2.72. The van der Waals surface area contributed by atoms with Crippen LogP contribution in [-0.4, -0.2) is 48.2 Å². The van der Waals surface area contributed by atoms with Crippen LogP contribution in [0.5, 0.6) is 17.2 Å². The molecule has 32 heavy (non-hydrogen) atoms. The van der Waals surface area contributed by atoms with Crippen molar-refractivity contribution in [2.45, 2.75) is 24.7 Å². The Morgan fingerprint density at radius 2 is 1.84 bits per heavy atom. The number of phenolic OH excluding ortho intramolecular Hbond substituents is 1. The van der Waals surface area contributed by atoms with Gasteiger partial charge in [0, 0.05) is 24.8 Å². The lowest BCUT2D eigenvalue weighted by molar-refractivity contribution is -0.110. The predicted molar refractivity (Wildman–Crippen MR) is 126 cm³/mol. The molecule has 0 atom stereocenters. The summed E-state index contributed by atoms with van der Waals surface area (Å²) in [6, 6.07) is 7.15. The molecule has 172 valence electrons. The first-order valence-electron chi connectivity index (χ1n) is 9.60. The van der Waals surface area contributed by atoms with Gasteiger partial charge < -0.3 is 20.4 Å². The third-order valence-corrected chi connectivity index (χ3v) is 8.06. The molecule has 1 heterocycles. The van der Waals surface area contributed by atoms with E-state index in [1.807, 2.05) is 0 Å². The number of anilines is 1. The van der Waals surface area contributed by atoms with Gasteiger partial charge in [-0.1, -0.05) is 12.1 Å². The Morgan fingerprint density at radius 3 is 2.44 bits per heavy atom. The van der Waals surface area contributed by atoms with E-state index in [0.717, 1.165) is 12.8 Å². The number of aromatic hydroxyl groups is 1. The molecule has 1 aliphatic heterocycles. The molecular formula is C20H21Br2N3O6S. The first kappa shape index (κ1) is 24.5. The highest BCUT2D eigenvalue weighted by Crippen LogP contribution is 2.41. The fourth-order valence-electron chi connectivity index (χ4n) is 3.20. The van der Waals surface area contributed by atoms with Crippen LogP contribution in [0.15, 0.2) is 49.3 Å². The second-order valence-electron chi connectivity index (χ2n) is 7.32.